The van der Waals surface area contributed by atoms with Crippen LogP contribution < -0.4 is 10.6 Å². The molecule has 1 aliphatic heterocycles. The molecule has 0 bridgehead atoms. The van der Waals surface area contributed by atoms with E-state index in [4.69, 9.17) is 0 Å². The Hall–Kier alpha value is -1.18. The van der Waals surface area contributed by atoms with E-state index in [0.717, 1.165) is 26.2 Å². The number of carbonyl (C=O) groups excluding carboxylic acids is 2. The van der Waals surface area contributed by atoms with Gasteiger partial charge >= 0.3 is 6.03 Å². The van der Waals surface area contributed by atoms with E-state index in [1.54, 1.807) is 20.8 Å². The van der Waals surface area contributed by atoms with E-state index >= 15 is 0 Å². The molecule has 0 aromatic carbocycles. The summed E-state index contributed by atoms with van der Waals surface area (Å²) < 4.78 is 0. The monoisotopic (exact) mass is 286 g/mol. The highest BCUT2D eigenvalue weighted by molar-refractivity contribution is 5.96. The van der Waals surface area contributed by atoms with Gasteiger partial charge in [0.05, 0.1) is 11.6 Å². The predicted molar refractivity (Wildman–Crippen MR) is 76.4 cm³/mol. The summed E-state index contributed by atoms with van der Waals surface area (Å²) in [5.41, 5.74) is -0.704. The van der Waals surface area contributed by atoms with E-state index in [0.29, 0.717) is 6.54 Å². The molecule has 1 saturated heterocycles. The summed E-state index contributed by atoms with van der Waals surface area (Å²) in [6.07, 6.45) is 0. The third-order valence-corrected chi connectivity index (χ3v) is 3.41. The van der Waals surface area contributed by atoms with Crippen LogP contribution in [0.15, 0.2) is 0 Å². The number of β-amino-alcohol motifs (C(OH)–C–C–N with tert-alkyl or cyclic N) is 1. The van der Waals surface area contributed by atoms with Gasteiger partial charge in [0.2, 0.25) is 5.91 Å². The second-order valence-corrected chi connectivity index (χ2v) is 5.87. The highest BCUT2D eigenvalue weighted by Gasteiger charge is 2.28. The lowest BCUT2D eigenvalue weighted by Crippen LogP contribution is -2.56. The lowest BCUT2D eigenvalue weighted by atomic mass is 10.1. The number of carbonyl (C=O) groups is 2. The van der Waals surface area contributed by atoms with Gasteiger partial charge in [-0.1, -0.05) is 0 Å². The Morgan fingerprint density at radius 2 is 1.80 bits per heavy atom. The minimum absolute atomic E-state index is 0.291. The zero-order valence-corrected chi connectivity index (χ0v) is 12.8. The van der Waals surface area contributed by atoms with Crippen molar-refractivity contribution in [3.8, 4) is 0 Å². The van der Waals surface area contributed by atoms with Crippen LogP contribution in [0, 0.1) is 0 Å². The predicted octanol–water partition coefficient (Wildman–Crippen LogP) is -0.781. The number of amides is 3. The molecule has 7 heteroatoms. The molecular formula is C13H26N4O3. The molecule has 0 aliphatic carbocycles. The van der Waals surface area contributed by atoms with Gasteiger partial charge in [-0.05, 0) is 20.8 Å². The van der Waals surface area contributed by atoms with Gasteiger partial charge in [-0.3, -0.25) is 19.9 Å². The van der Waals surface area contributed by atoms with E-state index in [1.165, 1.54) is 7.05 Å². The van der Waals surface area contributed by atoms with Crippen LogP contribution in [0.3, 0.4) is 0 Å². The van der Waals surface area contributed by atoms with Crippen molar-refractivity contribution in [2.75, 3.05) is 39.8 Å². The van der Waals surface area contributed by atoms with E-state index in [-0.39, 0.29) is 11.9 Å². The number of urea groups is 1. The molecule has 0 spiro atoms. The second-order valence-electron chi connectivity index (χ2n) is 5.87. The second kappa shape index (κ2) is 7.01. The van der Waals surface area contributed by atoms with Crippen molar-refractivity contribution in [2.24, 2.45) is 0 Å². The lowest BCUT2D eigenvalue weighted by Gasteiger charge is -2.39. The van der Waals surface area contributed by atoms with Crippen LogP contribution in [0.25, 0.3) is 0 Å². The topological polar surface area (TPSA) is 84.9 Å². The largest absolute Gasteiger partial charge is 0.389 e. The number of hydrogen-bond donors (Lipinski definition) is 3. The zero-order chi connectivity index (χ0) is 15.3. The van der Waals surface area contributed by atoms with Gasteiger partial charge in [-0.15, -0.1) is 0 Å². The van der Waals surface area contributed by atoms with Crippen molar-refractivity contribution in [1.29, 1.82) is 0 Å². The Labute approximate surface area is 120 Å². The molecule has 7 nitrogen and oxygen atoms in total. The molecule has 1 unspecified atom stereocenters. The van der Waals surface area contributed by atoms with Crippen LogP contribution in [-0.2, 0) is 4.79 Å². The highest BCUT2D eigenvalue weighted by Crippen LogP contribution is 2.10. The fourth-order valence-electron chi connectivity index (χ4n) is 2.30. The molecule has 3 N–H and O–H groups in total. The average molecular weight is 286 g/mol. The van der Waals surface area contributed by atoms with Crippen molar-refractivity contribution >= 4 is 11.9 Å². The molecule has 116 valence electrons. The van der Waals surface area contributed by atoms with Gasteiger partial charge in [0.1, 0.15) is 0 Å². The number of rotatable bonds is 4. The molecular weight excluding hydrogens is 260 g/mol. The van der Waals surface area contributed by atoms with Gasteiger partial charge in [0, 0.05) is 39.8 Å². The molecule has 0 aromatic heterocycles. The van der Waals surface area contributed by atoms with Crippen LogP contribution in [0.4, 0.5) is 4.79 Å². The summed E-state index contributed by atoms with van der Waals surface area (Å²) in [6.45, 7) is 9.11. The van der Waals surface area contributed by atoms with Gasteiger partial charge in [0.15, 0.2) is 0 Å². The van der Waals surface area contributed by atoms with E-state index in [2.05, 4.69) is 15.5 Å². The van der Waals surface area contributed by atoms with Crippen molar-refractivity contribution in [2.45, 2.75) is 32.4 Å². The van der Waals surface area contributed by atoms with E-state index in [9.17, 15) is 14.7 Å². The van der Waals surface area contributed by atoms with Crippen LogP contribution in [0.2, 0.25) is 0 Å². The number of nitrogens with one attached hydrogen (secondary N) is 2. The third-order valence-electron chi connectivity index (χ3n) is 3.41. The summed E-state index contributed by atoms with van der Waals surface area (Å²) in [5, 5.41) is 14.4. The highest BCUT2D eigenvalue weighted by atomic mass is 16.3. The summed E-state index contributed by atoms with van der Waals surface area (Å²) in [7, 11) is 1.47. The maximum Gasteiger partial charge on any atom is 0.321 e. The van der Waals surface area contributed by atoms with Crippen molar-refractivity contribution in [3.05, 3.63) is 0 Å². The number of piperazine rings is 1. The fourth-order valence-corrected chi connectivity index (χ4v) is 2.30. The minimum atomic E-state index is -0.704. The van der Waals surface area contributed by atoms with Crippen molar-refractivity contribution in [1.82, 2.24) is 20.4 Å². The SMILES string of the molecule is CNC(=O)NC(=O)C(C)N1CCN(CC(C)(C)O)CC1. The van der Waals surface area contributed by atoms with E-state index in [1.807, 2.05) is 4.90 Å². The number of imide groups is 1. The zero-order valence-electron chi connectivity index (χ0n) is 12.8. The van der Waals surface area contributed by atoms with Crippen LogP contribution in [0.1, 0.15) is 20.8 Å². The minimum Gasteiger partial charge on any atom is -0.389 e. The summed E-state index contributed by atoms with van der Waals surface area (Å²) in [4.78, 5) is 27.2. The van der Waals surface area contributed by atoms with Crippen LogP contribution in [-0.4, -0.2) is 78.3 Å². The normalized spacial score (nSPS) is 19.4. The summed E-state index contributed by atoms with van der Waals surface area (Å²) >= 11 is 0. The third kappa shape index (κ3) is 5.44. The number of aliphatic hydroxyl groups is 1. The van der Waals surface area contributed by atoms with Crippen LogP contribution in [0.5, 0.6) is 0 Å². The average Bonchev–Trinajstić information content (AvgIpc) is 2.36. The molecule has 20 heavy (non-hydrogen) atoms. The quantitative estimate of drug-likeness (QED) is 0.631. The Bertz CT molecular complexity index is 346. The Balaban J connectivity index is 2.40. The van der Waals surface area contributed by atoms with Crippen molar-refractivity contribution in [3.63, 3.8) is 0 Å². The molecule has 1 fully saturated rings. The molecule has 0 saturated carbocycles. The van der Waals surface area contributed by atoms with Gasteiger partial charge in [-0.2, -0.15) is 0 Å². The molecule has 1 rings (SSSR count). The van der Waals surface area contributed by atoms with Gasteiger partial charge in [0.25, 0.3) is 0 Å². The first-order valence-electron chi connectivity index (χ1n) is 6.94. The lowest BCUT2D eigenvalue weighted by molar-refractivity contribution is -0.125. The standard InChI is InChI=1S/C13H26N4O3/c1-10(11(18)15-12(19)14-4)17-7-5-16(6-8-17)9-13(2,3)20/h10,20H,5-9H2,1-4H3,(H2,14,15,18,19). The van der Waals surface area contributed by atoms with E-state index < -0.39 is 11.6 Å². The van der Waals surface area contributed by atoms with Crippen molar-refractivity contribution < 1.29 is 14.7 Å². The smallest absolute Gasteiger partial charge is 0.321 e. The number of nitrogens with zero attached hydrogens (tertiary/aromatic N) is 2. The van der Waals surface area contributed by atoms with Gasteiger partial charge in [-0.25, -0.2) is 4.79 Å². The maximum absolute atomic E-state index is 11.9. The molecule has 1 atom stereocenters. The molecule has 0 aromatic rings. The first-order chi connectivity index (χ1) is 9.23. The van der Waals surface area contributed by atoms with Gasteiger partial charge < -0.3 is 10.4 Å². The Morgan fingerprint density at radius 1 is 1.25 bits per heavy atom. The summed E-state index contributed by atoms with van der Waals surface area (Å²) in [6, 6.07) is -0.820. The fraction of sp³-hybridized carbons (Fsp3) is 0.846. The first kappa shape index (κ1) is 16.9. The maximum atomic E-state index is 11.9. The molecule has 1 aliphatic rings. The molecule has 0 radical (unpaired) electrons. The Morgan fingerprint density at radius 3 is 2.25 bits per heavy atom. The summed E-state index contributed by atoms with van der Waals surface area (Å²) in [5.74, 6) is -0.291. The molecule has 1 heterocycles. The molecule has 3 amide bonds. The Kier molecular flexibility index (Phi) is 5.91. The first-order valence-corrected chi connectivity index (χ1v) is 6.94. The van der Waals surface area contributed by atoms with Crippen LogP contribution >= 0.6 is 0 Å². The number of hydrogen-bond acceptors (Lipinski definition) is 5.